The number of ketones is 1. The van der Waals surface area contributed by atoms with Gasteiger partial charge in [0.2, 0.25) is 0 Å². The molecule has 0 saturated carbocycles. The van der Waals surface area contributed by atoms with Crippen LogP contribution in [0.25, 0.3) is 0 Å². The Hall–Kier alpha value is -0.970. The van der Waals surface area contributed by atoms with E-state index in [0.29, 0.717) is 10.0 Å². The fourth-order valence-corrected chi connectivity index (χ4v) is 1.45. The first kappa shape index (κ1) is 13.1. The second kappa shape index (κ2) is 4.91. The van der Waals surface area contributed by atoms with Crippen molar-refractivity contribution in [3.63, 3.8) is 0 Å². The van der Waals surface area contributed by atoms with Gasteiger partial charge in [-0.1, -0.05) is 15.9 Å². The van der Waals surface area contributed by atoms with E-state index in [1.165, 1.54) is 19.1 Å². The average Bonchev–Trinajstić information content (AvgIpc) is 2.13. The molecule has 1 aromatic rings. The molecule has 1 aromatic carbocycles. The lowest BCUT2D eigenvalue weighted by molar-refractivity contribution is -0.0231. The SMILES string of the molecule is CC(=O)c1ccc(Br)cc1OCC(C)(F)F. The number of benzene rings is 1. The molecular formula is C11H11BrF2O2. The summed E-state index contributed by atoms with van der Waals surface area (Å²) in [4.78, 5) is 11.2. The Balaban J connectivity index is 2.93. The second-order valence-corrected chi connectivity index (χ2v) is 4.47. The van der Waals surface area contributed by atoms with Crippen molar-refractivity contribution in [2.24, 2.45) is 0 Å². The summed E-state index contributed by atoms with van der Waals surface area (Å²) in [5, 5.41) is 0. The molecule has 0 fully saturated rings. The maximum atomic E-state index is 12.6. The summed E-state index contributed by atoms with van der Waals surface area (Å²) in [7, 11) is 0. The number of hydrogen-bond donors (Lipinski definition) is 0. The van der Waals surface area contributed by atoms with E-state index in [2.05, 4.69) is 15.9 Å². The lowest BCUT2D eigenvalue weighted by Gasteiger charge is -2.14. The standard InChI is InChI=1S/C11H11BrF2O2/c1-7(15)9-4-3-8(12)5-10(9)16-6-11(2,13)14/h3-5H,6H2,1-2H3. The average molecular weight is 293 g/mol. The summed E-state index contributed by atoms with van der Waals surface area (Å²) in [6.45, 7) is 1.38. The minimum Gasteiger partial charge on any atom is -0.487 e. The molecule has 0 bridgehead atoms. The van der Waals surface area contributed by atoms with Gasteiger partial charge in [-0.25, -0.2) is 8.78 Å². The fourth-order valence-electron chi connectivity index (χ4n) is 1.11. The maximum absolute atomic E-state index is 12.6. The van der Waals surface area contributed by atoms with Gasteiger partial charge in [-0.05, 0) is 25.1 Å². The molecule has 0 atom stereocenters. The van der Waals surface area contributed by atoms with E-state index < -0.39 is 12.5 Å². The lowest BCUT2D eigenvalue weighted by Crippen LogP contribution is -2.21. The monoisotopic (exact) mass is 292 g/mol. The highest BCUT2D eigenvalue weighted by molar-refractivity contribution is 9.10. The van der Waals surface area contributed by atoms with Crippen molar-refractivity contribution in [2.45, 2.75) is 19.8 Å². The number of ether oxygens (including phenoxy) is 1. The highest BCUT2D eigenvalue weighted by Crippen LogP contribution is 2.25. The molecule has 0 aliphatic heterocycles. The summed E-state index contributed by atoms with van der Waals surface area (Å²) in [6.07, 6.45) is 0. The first-order chi connectivity index (χ1) is 7.29. The molecule has 0 aromatic heterocycles. The van der Waals surface area contributed by atoms with Crippen molar-refractivity contribution in [1.82, 2.24) is 0 Å². The quantitative estimate of drug-likeness (QED) is 0.791. The Morgan fingerprint density at radius 2 is 2.12 bits per heavy atom. The number of alkyl halides is 2. The highest BCUT2D eigenvalue weighted by atomic mass is 79.9. The molecule has 0 unspecified atom stereocenters. The van der Waals surface area contributed by atoms with E-state index in [4.69, 9.17) is 4.74 Å². The summed E-state index contributed by atoms with van der Waals surface area (Å²) in [6, 6.07) is 4.70. The minimum absolute atomic E-state index is 0.170. The van der Waals surface area contributed by atoms with E-state index >= 15 is 0 Å². The third-order valence-electron chi connectivity index (χ3n) is 1.80. The molecule has 0 aliphatic carbocycles. The number of rotatable bonds is 4. The molecular weight excluding hydrogens is 282 g/mol. The molecule has 2 nitrogen and oxygen atoms in total. The number of carbonyl (C=O) groups excluding carboxylic acids is 1. The number of halogens is 3. The topological polar surface area (TPSA) is 26.3 Å². The van der Waals surface area contributed by atoms with Crippen molar-refractivity contribution in [2.75, 3.05) is 6.61 Å². The Labute approximate surface area is 101 Å². The van der Waals surface area contributed by atoms with Gasteiger partial charge in [-0.3, -0.25) is 4.79 Å². The van der Waals surface area contributed by atoms with Crippen LogP contribution in [0, 0.1) is 0 Å². The van der Waals surface area contributed by atoms with Gasteiger partial charge in [0.15, 0.2) is 12.4 Å². The lowest BCUT2D eigenvalue weighted by atomic mass is 10.1. The van der Waals surface area contributed by atoms with Crippen LogP contribution in [-0.4, -0.2) is 18.3 Å². The van der Waals surface area contributed by atoms with Crippen LogP contribution in [0.4, 0.5) is 8.78 Å². The van der Waals surface area contributed by atoms with Crippen LogP contribution in [-0.2, 0) is 0 Å². The fraction of sp³-hybridized carbons (Fsp3) is 0.364. The van der Waals surface area contributed by atoms with E-state index in [-0.39, 0.29) is 11.5 Å². The molecule has 0 spiro atoms. The first-order valence-electron chi connectivity index (χ1n) is 4.61. The Morgan fingerprint density at radius 1 is 1.50 bits per heavy atom. The molecule has 0 N–H and O–H groups in total. The third kappa shape index (κ3) is 3.89. The van der Waals surface area contributed by atoms with Crippen LogP contribution in [0.2, 0.25) is 0 Å². The van der Waals surface area contributed by atoms with Crippen LogP contribution < -0.4 is 4.74 Å². The predicted molar refractivity (Wildman–Crippen MR) is 60.3 cm³/mol. The largest absolute Gasteiger partial charge is 0.487 e. The molecule has 88 valence electrons. The molecule has 0 saturated heterocycles. The van der Waals surface area contributed by atoms with Gasteiger partial charge in [0, 0.05) is 11.4 Å². The summed E-state index contributed by atoms with van der Waals surface area (Å²) < 4.78 is 30.9. The van der Waals surface area contributed by atoms with Crippen LogP contribution in [0.5, 0.6) is 5.75 Å². The third-order valence-corrected chi connectivity index (χ3v) is 2.30. The first-order valence-corrected chi connectivity index (χ1v) is 5.40. The Bertz CT molecular complexity index is 399. The van der Waals surface area contributed by atoms with Crippen molar-refractivity contribution in [1.29, 1.82) is 0 Å². The summed E-state index contributed by atoms with van der Waals surface area (Å²) in [5.74, 6) is -2.97. The summed E-state index contributed by atoms with van der Waals surface area (Å²) in [5.41, 5.74) is 0.299. The van der Waals surface area contributed by atoms with Crippen LogP contribution >= 0.6 is 15.9 Å². The molecule has 5 heteroatoms. The Morgan fingerprint density at radius 3 is 2.62 bits per heavy atom. The molecule has 16 heavy (non-hydrogen) atoms. The van der Waals surface area contributed by atoms with Gasteiger partial charge in [-0.2, -0.15) is 0 Å². The maximum Gasteiger partial charge on any atom is 0.278 e. The normalized spacial score (nSPS) is 11.3. The number of carbonyl (C=O) groups is 1. The Kier molecular flexibility index (Phi) is 4.02. The smallest absolute Gasteiger partial charge is 0.278 e. The molecule has 0 heterocycles. The number of Topliss-reactive ketones (excluding diaryl/α,β-unsaturated/α-hetero) is 1. The summed E-state index contributed by atoms with van der Waals surface area (Å²) >= 11 is 3.19. The molecule has 1 rings (SSSR count). The van der Waals surface area contributed by atoms with Gasteiger partial charge < -0.3 is 4.74 Å². The zero-order valence-corrected chi connectivity index (χ0v) is 10.5. The van der Waals surface area contributed by atoms with E-state index in [1.807, 2.05) is 0 Å². The predicted octanol–water partition coefficient (Wildman–Crippen LogP) is 3.69. The molecule has 0 radical (unpaired) electrons. The van der Waals surface area contributed by atoms with Gasteiger partial charge >= 0.3 is 0 Å². The van der Waals surface area contributed by atoms with Crippen molar-refractivity contribution < 1.29 is 18.3 Å². The molecule has 0 amide bonds. The van der Waals surface area contributed by atoms with E-state index in [9.17, 15) is 13.6 Å². The zero-order chi connectivity index (χ0) is 12.3. The zero-order valence-electron chi connectivity index (χ0n) is 8.89. The van der Waals surface area contributed by atoms with E-state index in [0.717, 1.165) is 6.92 Å². The van der Waals surface area contributed by atoms with Crippen molar-refractivity contribution in [3.8, 4) is 5.75 Å². The minimum atomic E-state index is -2.92. The number of hydrogen-bond acceptors (Lipinski definition) is 2. The van der Waals surface area contributed by atoms with Gasteiger partial charge in [0.05, 0.1) is 5.56 Å². The van der Waals surface area contributed by atoms with Crippen molar-refractivity contribution >= 4 is 21.7 Å². The van der Waals surface area contributed by atoms with Crippen LogP contribution in [0.1, 0.15) is 24.2 Å². The van der Waals surface area contributed by atoms with Crippen LogP contribution in [0.15, 0.2) is 22.7 Å². The van der Waals surface area contributed by atoms with Crippen molar-refractivity contribution in [3.05, 3.63) is 28.2 Å². The molecule has 0 aliphatic rings. The van der Waals surface area contributed by atoms with Gasteiger partial charge in [0.1, 0.15) is 5.75 Å². The van der Waals surface area contributed by atoms with Crippen LogP contribution in [0.3, 0.4) is 0 Å². The van der Waals surface area contributed by atoms with Gasteiger partial charge in [0.25, 0.3) is 5.92 Å². The second-order valence-electron chi connectivity index (χ2n) is 3.56. The van der Waals surface area contributed by atoms with E-state index in [1.54, 1.807) is 6.07 Å². The van der Waals surface area contributed by atoms with Gasteiger partial charge in [-0.15, -0.1) is 0 Å². The highest BCUT2D eigenvalue weighted by Gasteiger charge is 2.23.